The van der Waals surface area contributed by atoms with Gasteiger partial charge in [0.1, 0.15) is 5.75 Å². The average Bonchev–Trinajstić information content (AvgIpc) is 3.02. The van der Waals surface area contributed by atoms with Crippen molar-refractivity contribution in [1.29, 1.82) is 0 Å². The number of hydrogen-bond acceptors (Lipinski definition) is 4. The Morgan fingerprint density at radius 3 is 2.60 bits per heavy atom. The van der Waals surface area contributed by atoms with Gasteiger partial charge in [-0.3, -0.25) is 4.79 Å². The molecule has 0 radical (unpaired) electrons. The summed E-state index contributed by atoms with van der Waals surface area (Å²) >= 11 is 0. The third-order valence-electron chi connectivity index (χ3n) is 4.22. The Kier molecular flexibility index (Phi) is 4.92. The van der Waals surface area contributed by atoms with Gasteiger partial charge < -0.3 is 4.74 Å². The minimum Gasteiger partial charge on any atom is -0.493 e. The molecule has 132 valence electrons. The van der Waals surface area contributed by atoms with E-state index in [0.717, 1.165) is 17.7 Å². The highest BCUT2D eigenvalue weighted by Gasteiger charge is 2.19. The number of carbonyl (C=O) groups is 1. The number of fused-ring (bicyclic) bond motifs is 1. The lowest BCUT2D eigenvalue weighted by Gasteiger charge is -2.15. The lowest BCUT2D eigenvalue weighted by atomic mass is 10.0. The number of carbonyl (C=O) groups excluding carboxylic acids is 1. The fraction of sp³-hybridized carbons (Fsp3) is 0.316. The largest absolute Gasteiger partial charge is 0.493 e. The van der Waals surface area contributed by atoms with Crippen LogP contribution in [0.25, 0.3) is 0 Å². The second kappa shape index (κ2) is 6.98. The van der Waals surface area contributed by atoms with Crippen molar-refractivity contribution in [2.45, 2.75) is 37.6 Å². The maximum absolute atomic E-state index is 12.5. The molecule has 1 heterocycles. The molecule has 1 N–H and O–H groups in total. The second-order valence-corrected chi connectivity index (χ2v) is 8.06. The molecular weight excluding hydrogens is 338 g/mol. The maximum Gasteiger partial charge on any atom is 0.240 e. The SMILES string of the molecule is CC(=O)c1ccc(S(=O)(=O)N[C@@H](C)Cc2ccc3c(c2)CCO3)cc1. The van der Waals surface area contributed by atoms with Crippen LogP contribution in [0.3, 0.4) is 0 Å². The molecule has 0 spiro atoms. The van der Waals surface area contributed by atoms with Crippen molar-refractivity contribution in [2.75, 3.05) is 6.61 Å². The maximum atomic E-state index is 12.5. The van der Waals surface area contributed by atoms with E-state index in [1.54, 1.807) is 0 Å². The normalized spacial score (nSPS) is 14.6. The summed E-state index contributed by atoms with van der Waals surface area (Å²) in [6, 6.07) is 11.7. The standard InChI is InChI=1S/C19H21NO4S/c1-13(11-15-3-8-19-17(12-15)9-10-24-19)20-25(22,23)18-6-4-16(5-7-18)14(2)21/h3-8,12-13,20H,9-11H2,1-2H3/t13-/m0/s1. The fourth-order valence-corrected chi connectivity index (χ4v) is 4.21. The van der Waals surface area contributed by atoms with Crippen LogP contribution in [-0.2, 0) is 22.9 Å². The van der Waals surface area contributed by atoms with E-state index in [0.29, 0.717) is 18.6 Å². The average molecular weight is 359 g/mol. The van der Waals surface area contributed by atoms with Gasteiger partial charge in [-0.2, -0.15) is 0 Å². The van der Waals surface area contributed by atoms with Crippen molar-refractivity contribution in [1.82, 2.24) is 4.72 Å². The van der Waals surface area contributed by atoms with Gasteiger partial charge in [-0.25, -0.2) is 13.1 Å². The van der Waals surface area contributed by atoms with Crippen LogP contribution in [-0.4, -0.2) is 26.8 Å². The van der Waals surface area contributed by atoms with Gasteiger partial charge in [0.05, 0.1) is 11.5 Å². The van der Waals surface area contributed by atoms with Gasteiger partial charge in [-0.1, -0.05) is 24.3 Å². The summed E-state index contributed by atoms with van der Waals surface area (Å²) in [5.74, 6) is 0.827. The van der Waals surface area contributed by atoms with Gasteiger partial charge >= 0.3 is 0 Å². The predicted octanol–water partition coefficient (Wildman–Crippen LogP) is 2.73. The molecule has 2 aromatic carbocycles. The summed E-state index contributed by atoms with van der Waals surface area (Å²) in [5, 5.41) is 0. The smallest absolute Gasteiger partial charge is 0.240 e. The molecule has 0 fully saturated rings. The first kappa shape index (κ1) is 17.6. The Labute approximate surface area is 148 Å². The van der Waals surface area contributed by atoms with E-state index in [9.17, 15) is 13.2 Å². The second-order valence-electron chi connectivity index (χ2n) is 6.35. The fourth-order valence-electron chi connectivity index (χ4n) is 2.96. The molecule has 6 heteroatoms. The molecule has 0 aromatic heterocycles. The van der Waals surface area contributed by atoms with Crippen LogP contribution in [0.1, 0.15) is 35.3 Å². The van der Waals surface area contributed by atoms with Crippen LogP contribution in [0.2, 0.25) is 0 Å². The van der Waals surface area contributed by atoms with Crippen LogP contribution in [0, 0.1) is 0 Å². The summed E-state index contributed by atoms with van der Waals surface area (Å²) in [7, 11) is -3.62. The lowest BCUT2D eigenvalue weighted by molar-refractivity contribution is 0.101. The number of ether oxygens (including phenoxy) is 1. The Morgan fingerprint density at radius 2 is 1.92 bits per heavy atom. The molecule has 1 aliphatic heterocycles. The number of hydrogen-bond donors (Lipinski definition) is 1. The number of benzene rings is 2. The quantitative estimate of drug-likeness (QED) is 0.805. The van der Waals surface area contributed by atoms with Crippen LogP contribution in [0.5, 0.6) is 5.75 Å². The number of nitrogens with one attached hydrogen (secondary N) is 1. The van der Waals surface area contributed by atoms with Crippen molar-refractivity contribution < 1.29 is 17.9 Å². The number of ketones is 1. The highest BCUT2D eigenvalue weighted by Crippen LogP contribution is 2.26. The molecular formula is C19H21NO4S. The first-order valence-corrected chi connectivity index (χ1v) is 9.71. The Morgan fingerprint density at radius 1 is 1.20 bits per heavy atom. The van der Waals surface area contributed by atoms with Crippen molar-refractivity contribution in [3.63, 3.8) is 0 Å². The summed E-state index contributed by atoms with van der Waals surface area (Å²) in [6.45, 7) is 3.99. The summed E-state index contributed by atoms with van der Waals surface area (Å²) in [5.41, 5.74) is 2.74. The van der Waals surface area contributed by atoms with E-state index in [1.165, 1.54) is 36.8 Å². The monoisotopic (exact) mass is 359 g/mol. The third-order valence-corrected chi connectivity index (χ3v) is 5.83. The molecule has 0 bridgehead atoms. The Balaban J connectivity index is 1.68. The van der Waals surface area contributed by atoms with E-state index in [4.69, 9.17) is 4.74 Å². The van der Waals surface area contributed by atoms with Crippen LogP contribution >= 0.6 is 0 Å². The topological polar surface area (TPSA) is 72.5 Å². The van der Waals surface area contributed by atoms with Gasteiger partial charge in [0.15, 0.2) is 5.78 Å². The zero-order chi connectivity index (χ0) is 18.0. The number of rotatable bonds is 6. The summed E-state index contributed by atoms with van der Waals surface area (Å²) in [4.78, 5) is 11.5. The van der Waals surface area contributed by atoms with Crippen LogP contribution in [0.15, 0.2) is 47.4 Å². The van der Waals surface area contributed by atoms with Gasteiger partial charge in [-0.05, 0) is 49.6 Å². The lowest BCUT2D eigenvalue weighted by Crippen LogP contribution is -2.34. The van der Waals surface area contributed by atoms with Crippen LogP contribution in [0.4, 0.5) is 0 Å². The van der Waals surface area contributed by atoms with Gasteiger partial charge in [0.2, 0.25) is 10.0 Å². The van der Waals surface area contributed by atoms with Gasteiger partial charge in [-0.15, -0.1) is 0 Å². The Hall–Kier alpha value is -2.18. The molecule has 0 aliphatic carbocycles. The van der Waals surface area contributed by atoms with E-state index >= 15 is 0 Å². The van der Waals surface area contributed by atoms with Crippen molar-refractivity contribution >= 4 is 15.8 Å². The first-order chi connectivity index (χ1) is 11.8. The van der Waals surface area contributed by atoms with E-state index in [2.05, 4.69) is 10.8 Å². The molecule has 25 heavy (non-hydrogen) atoms. The molecule has 0 saturated heterocycles. The molecule has 0 amide bonds. The molecule has 1 aliphatic rings. The zero-order valence-corrected chi connectivity index (χ0v) is 15.1. The van der Waals surface area contributed by atoms with E-state index < -0.39 is 10.0 Å². The summed E-state index contributed by atoms with van der Waals surface area (Å²) < 4.78 is 33.2. The van der Waals surface area contributed by atoms with E-state index in [1.807, 2.05) is 19.1 Å². The third kappa shape index (κ3) is 4.08. The van der Waals surface area contributed by atoms with Crippen molar-refractivity contribution in [3.05, 3.63) is 59.2 Å². The van der Waals surface area contributed by atoms with Gasteiger partial charge in [0, 0.05) is 18.0 Å². The molecule has 5 nitrogen and oxygen atoms in total. The zero-order valence-electron chi connectivity index (χ0n) is 14.3. The highest BCUT2D eigenvalue weighted by molar-refractivity contribution is 7.89. The van der Waals surface area contributed by atoms with Crippen LogP contribution < -0.4 is 9.46 Å². The molecule has 1 atom stereocenters. The molecule has 2 aromatic rings. The molecule has 0 saturated carbocycles. The molecule has 0 unspecified atom stereocenters. The van der Waals surface area contributed by atoms with E-state index in [-0.39, 0.29) is 16.7 Å². The van der Waals surface area contributed by atoms with Crippen molar-refractivity contribution in [2.24, 2.45) is 0 Å². The van der Waals surface area contributed by atoms with Crippen molar-refractivity contribution in [3.8, 4) is 5.75 Å². The minimum absolute atomic E-state index is 0.0918. The number of sulfonamides is 1. The number of Topliss-reactive ketones (excluding diaryl/α,β-unsaturated/α-hetero) is 1. The molecule has 3 rings (SSSR count). The predicted molar refractivity (Wildman–Crippen MR) is 95.6 cm³/mol. The van der Waals surface area contributed by atoms with Gasteiger partial charge in [0.25, 0.3) is 0 Å². The first-order valence-electron chi connectivity index (χ1n) is 8.23. The highest BCUT2D eigenvalue weighted by atomic mass is 32.2. The summed E-state index contributed by atoms with van der Waals surface area (Å²) in [6.07, 6.45) is 1.49. The Bertz CT molecular complexity index is 888. The minimum atomic E-state index is -3.62.